The maximum atomic E-state index is 5.10. The second kappa shape index (κ2) is 3.24. The molecule has 0 rings (SSSR count). The smallest absolute Gasteiger partial charge is 0.0255 e. The minimum Gasteiger partial charge on any atom is -0.399 e. The summed E-state index contributed by atoms with van der Waals surface area (Å²) in [6, 6.07) is 0. The fourth-order valence-electron chi connectivity index (χ4n) is 0.155. The first kappa shape index (κ1) is 6.04. The van der Waals surface area contributed by atoms with E-state index in [-0.39, 0.29) is 0 Å². The minimum absolute atomic E-state index is 0.484. The number of hydrogen-bond acceptors (Lipinski definition) is 3. The lowest BCUT2D eigenvalue weighted by molar-refractivity contribution is 0.965. The molecule has 0 aliphatic carbocycles. The van der Waals surface area contributed by atoms with Crippen LogP contribution in [0.5, 0.6) is 0 Å². The number of nitrogens with two attached hydrogens (primary N) is 2. The van der Waals surface area contributed by atoms with E-state index in [1.165, 1.54) is 6.20 Å². The van der Waals surface area contributed by atoms with Crippen LogP contribution in [0.2, 0.25) is 0 Å². The first-order valence-corrected chi connectivity index (χ1v) is 1.84. The monoisotopic (exact) mass is 99.1 g/mol. The fraction of sp³-hybridized carbons (Fsp3) is 0. The Morgan fingerprint density at radius 1 is 1.71 bits per heavy atom. The molecule has 0 radical (unpaired) electrons. The van der Waals surface area contributed by atoms with Crippen molar-refractivity contribution >= 4 is 0 Å². The normalized spacial score (nSPS) is 9.29. The highest BCUT2D eigenvalue weighted by Gasteiger charge is 1.66. The van der Waals surface area contributed by atoms with E-state index < -0.39 is 0 Å². The van der Waals surface area contributed by atoms with Crippen LogP contribution >= 0.6 is 0 Å². The molecular formula is C4H9N3. The molecule has 40 valence electrons. The summed E-state index contributed by atoms with van der Waals surface area (Å²) in [4.78, 5) is 0. The predicted molar refractivity (Wildman–Crippen MR) is 29.8 cm³/mol. The van der Waals surface area contributed by atoms with Crippen molar-refractivity contribution in [1.82, 2.24) is 5.43 Å². The second-order valence-electron chi connectivity index (χ2n) is 1.07. The van der Waals surface area contributed by atoms with Gasteiger partial charge in [0.05, 0.1) is 0 Å². The van der Waals surface area contributed by atoms with Crippen molar-refractivity contribution in [2.75, 3.05) is 0 Å². The molecule has 0 aromatic rings. The Kier molecular flexibility index (Phi) is 2.79. The first-order chi connectivity index (χ1) is 3.27. The summed E-state index contributed by atoms with van der Waals surface area (Å²) in [6.07, 6.45) is 3.07. The third-order valence-corrected chi connectivity index (χ3v) is 0.394. The zero-order valence-corrected chi connectivity index (χ0v) is 4.02. The molecule has 0 saturated heterocycles. The van der Waals surface area contributed by atoms with Crippen molar-refractivity contribution in [3.8, 4) is 0 Å². The van der Waals surface area contributed by atoms with Crippen LogP contribution in [0, 0.1) is 0 Å². The molecule has 3 nitrogen and oxygen atoms in total. The van der Waals surface area contributed by atoms with Crippen LogP contribution in [0.3, 0.4) is 0 Å². The lowest BCUT2D eigenvalue weighted by atomic mass is 10.5. The summed E-state index contributed by atoms with van der Waals surface area (Å²) in [7, 11) is 0. The maximum Gasteiger partial charge on any atom is 0.0255 e. The Morgan fingerprint density at radius 3 is 2.43 bits per heavy atom. The van der Waals surface area contributed by atoms with Crippen molar-refractivity contribution in [3.05, 3.63) is 24.6 Å². The quantitative estimate of drug-likeness (QED) is 0.247. The summed E-state index contributed by atoms with van der Waals surface area (Å²) < 4.78 is 0. The molecule has 0 heterocycles. The molecule has 0 spiro atoms. The highest BCUT2D eigenvalue weighted by Crippen LogP contribution is 1.73. The molecule has 0 aliphatic rings. The maximum absolute atomic E-state index is 5.10. The van der Waals surface area contributed by atoms with E-state index in [0.29, 0.717) is 5.70 Å². The largest absolute Gasteiger partial charge is 0.399 e. The average Bonchev–Trinajstić information content (AvgIpc) is 1.61. The Balaban J connectivity index is 3.26. The summed E-state index contributed by atoms with van der Waals surface area (Å²) >= 11 is 0. The highest BCUT2D eigenvalue weighted by atomic mass is 15.2. The van der Waals surface area contributed by atoms with Gasteiger partial charge in [-0.2, -0.15) is 0 Å². The molecule has 0 bridgehead atoms. The van der Waals surface area contributed by atoms with E-state index >= 15 is 0 Å². The van der Waals surface area contributed by atoms with Gasteiger partial charge in [0.25, 0.3) is 0 Å². The molecule has 0 unspecified atom stereocenters. The van der Waals surface area contributed by atoms with Crippen molar-refractivity contribution in [3.63, 3.8) is 0 Å². The Labute approximate surface area is 42.7 Å². The van der Waals surface area contributed by atoms with Crippen LogP contribution in [-0.4, -0.2) is 0 Å². The van der Waals surface area contributed by atoms with E-state index in [0.717, 1.165) is 0 Å². The lowest BCUT2D eigenvalue weighted by Crippen LogP contribution is -2.13. The first-order valence-electron chi connectivity index (χ1n) is 1.84. The summed E-state index contributed by atoms with van der Waals surface area (Å²) in [5.41, 5.74) is 7.86. The molecule has 0 saturated carbocycles. The predicted octanol–water partition coefficient (Wildman–Crippen LogP) is -0.564. The van der Waals surface area contributed by atoms with Crippen LogP contribution in [0.25, 0.3) is 0 Å². The van der Waals surface area contributed by atoms with Crippen molar-refractivity contribution in [2.24, 2.45) is 11.6 Å². The topological polar surface area (TPSA) is 64.1 Å². The van der Waals surface area contributed by atoms with E-state index in [9.17, 15) is 0 Å². The van der Waals surface area contributed by atoms with Crippen LogP contribution in [0.4, 0.5) is 0 Å². The van der Waals surface area contributed by atoms with Crippen molar-refractivity contribution in [1.29, 1.82) is 0 Å². The molecule has 3 heteroatoms. The number of rotatable bonds is 2. The van der Waals surface area contributed by atoms with Crippen LogP contribution in [0.15, 0.2) is 24.6 Å². The standard InChI is InChI=1S/C4H9N3/c1-4(5)2-3-7-6/h2-3,7H,1,5-6H2/b3-2-. The summed E-state index contributed by atoms with van der Waals surface area (Å²) in [6.45, 7) is 3.39. The number of allylic oxidation sites excluding steroid dienone is 1. The SMILES string of the molecule is C=C(N)/C=C\NN. The van der Waals surface area contributed by atoms with E-state index in [2.05, 4.69) is 12.0 Å². The van der Waals surface area contributed by atoms with Crippen molar-refractivity contribution in [2.45, 2.75) is 0 Å². The molecule has 5 N–H and O–H groups in total. The third kappa shape index (κ3) is 5.04. The molecule has 0 atom stereocenters. The molecule has 0 aromatic heterocycles. The Hall–Kier alpha value is -0.960. The van der Waals surface area contributed by atoms with Gasteiger partial charge in [-0.25, -0.2) is 0 Å². The zero-order chi connectivity index (χ0) is 5.70. The second-order valence-corrected chi connectivity index (χ2v) is 1.07. The zero-order valence-electron chi connectivity index (χ0n) is 4.02. The van der Waals surface area contributed by atoms with Gasteiger partial charge in [0.15, 0.2) is 0 Å². The fourth-order valence-corrected chi connectivity index (χ4v) is 0.155. The van der Waals surface area contributed by atoms with E-state index in [1.54, 1.807) is 6.08 Å². The minimum atomic E-state index is 0.484. The number of nitrogens with one attached hydrogen (secondary N) is 1. The van der Waals surface area contributed by atoms with Gasteiger partial charge in [0, 0.05) is 11.9 Å². The van der Waals surface area contributed by atoms with Gasteiger partial charge in [-0.1, -0.05) is 6.58 Å². The molecule has 0 aliphatic heterocycles. The van der Waals surface area contributed by atoms with Gasteiger partial charge < -0.3 is 11.2 Å². The molecular weight excluding hydrogens is 90.1 g/mol. The van der Waals surface area contributed by atoms with Gasteiger partial charge in [-0.3, -0.25) is 5.84 Å². The Bertz CT molecular complexity index is 84.9. The average molecular weight is 99.1 g/mol. The van der Waals surface area contributed by atoms with Crippen LogP contribution in [-0.2, 0) is 0 Å². The third-order valence-electron chi connectivity index (χ3n) is 0.394. The van der Waals surface area contributed by atoms with Crippen LogP contribution in [0.1, 0.15) is 0 Å². The molecule has 0 aromatic carbocycles. The van der Waals surface area contributed by atoms with Gasteiger partial charge in [0.2, 0.25) is 0 Å². The van der Waals surface area contributed by atoms with Crippen molar-refractivity contribution < 1.29 is 0 Å². The van der Waals surface area contributed by atoms with E-state index in [1.807, 2.05) is 0 Å². The van der Waals surface area contributed by atoms with Gasteiger partial charge in [0.1, 0.15) is 0 Å². The summed E-state index contributed by atoms with van der Waals surface area (Å²) in [5, 5.41) is 0. The van der Waals surface area contributed by atoms with Gasteiger partial charge in [-0.15, -0.1) is 0 Å². The molecule has 0 fully saturated rings. The Morgan fingerprint density at radius 2 is 2.29 bits per heavy atom. The lowest BCUT2D eigenvalue weighted by Gasteiger charge is -1.84. The van der Waals surface area contributed by atoms with Gasteiger partial charge >= 0.3 is 0 Å². The summed E-state index contributed by atoms with van der Waals surface area (Å²) in [5.74, 6) is 4.84. The highest BCUT2D eigenvalue weighted by molar-refractivity contribution is 5.08. The molecule has 7 heavy (non-hydrogen) atoms. The number of hydrogen-bond donors (Lipinski definition) is 3. The van der Waals surface area contributed by atoms with Crippen LogP contribution < -0.4 is 17.0 Å². The van der Waals surface area contributed by atoms with E-state index in [4.69, 9.17) is 11.6 Å². The van der Waals surface area contributed by atoms with Gasteiger partial charge in [-0.05, 0) is 6.08 Å². The number of hydrazine groups is 1. The molecule has 0 amide bonds.